The van der Waals surface area contributed by atoms with E-state index in [0.29, 0.717) is 11.4 Å². The van der Waals surface area contributed by atoms with E-state index >= 15 is 0 Å². The maximum absolute atomic E-state index is 12.2. The number of anilines is 1. The van der Waals surface area contributed by atoms with Gasteiger partial charge in [-0.05, 0) is 35.9 Å². The van der Waals surface area contributed by atoms with Gasteiger partial charge in [0.05, 0.1) is 11.2 Å². The van der Waals surface area contributed by atoms with Crippen LogP contribution in [0.2, 0.25) is 0 Å². The molecule has 2 aromatic carbocycles. The molecule has 3 aromatic rings. The summed E-state index contributed by atoms with van der Waals surface area (Å²) < 4.78 is 5.18. The number of aromatic nitrogens is 1. The smallest absolute Gasteiger partial charge is 0.255 e. The summed E-state index contributed by atoms with van der Waals surface area (Å²) in [6.07, 6.45) is 4.82. The fraction of sp³-hybridized carbons (Fsp3) is 0.0500. The number of rotatable bonds is 6. The number of primary amides is 1. The number of ether oxygens (including phenoxy) is 1. The van der Waals surface area contributed by atoms with Gasteiger partial charge >= 0.3 is 0 Å². The molecule has 0 saturated carbocycles. The normalized spacial score (nSPS) is 10.8. The van der Waals surface area contributed by atoms with E-state index in [-0.39, 0.29) is 12.5 Å². The molecular weight excluding hydrogens is 330 g/mol. The van der Waals surface area contributed by atoms with Crippen molar-refractivity contribution in [2.75, 3.05) is 11.9 Å². The van der Waals surface area contributed by atoms with E-state index in [1.807, 2.05) is 30.3 Å². The van der Waals surface area contributed by atoms with E-state index in [0.717, 1.165) is 16.5 Å². The quantitative estimate of drug-likeness (QED) is 0.670. The van der Waals surface area contributed by atoms with Gasteiger partial charge < -0.3 is 15.8 Å². The summed E-state index contributed by atoms with van der Waals surface area (Å²) in [7, 11) is 0. The number of para-hydroxylation sites is 1. The number of carbonyl (C=O) groups is 2. The van der Waals surface area contributed by atoms with Gasteiger partial charge in [0.2, 0.25) is 5.91 Å². The lowest BCUT2D eigenvalue weighted by molar-refractivity contribution is -0.120. The molecule has 0 bridgehead atoms. The van der Waals surface area contributed by atoms with Gasteiger partial charge in [0, 0.05) is 17.7 Å². The number of benzene rings is 2. The van der Waals surface area contributed by atoms with Crippen molar-refractivity contribution in [3.05, 3.63) is 72.4 Å². The number of hydrogen-bond donors (Lipinski definition) is 2. The summed E-state index contributed by atoms with van der Waals surface area (Å²) in [5, 5.41) is 3.79. The molecule has 0 saturated heterocycles. The minimum absolute atomic E-state index is 0.170. The van der Waals surface area contributed by atoms with Crippen LogP contribution in [0, 0.1) is 0 Å². The van der Waals surface area contributed by atoms with E-state index in [4.69, 9.17) is 10.5 Å². The Hall–Kier alpha value is -3.67. The first-order valence-corrected chi connectivity index (χ1v) is 7.96. The first-order chi connectivity index (χ1) is 12.6. The van der Waals surface area contributed by atoms with Crippen LogP contribution in [0.3, 0.4) is 0 Å². The van der Waals surface area contributed by atoms with Crippen molar-refractivity contribution >= 4 is 34.5 Å². The van der Waals surface area contributed by atoms with E-state index in [9.17, 15) is 9.59 Å². The van der Waals surface area contributed by atoms with Crippen molar-refractivity contribution in [1.29, 1.82) is 0 Å². The Labute approximate surface area is 150 Å². The van der Waals surface area contributed by atoms with Crippen LogP contribution < -0.4 is 15.8 Å². The van der Waals surface area contributed by atoms with Crippen molar-refractivity contribution < 1.29 is 14.3 Å². The predicted octanol–water partition coefficient (Wildman–Crippen LogP) is 2.75. The average Bonchev–Trinajstić information content (AvgIpc) is 2.66. The van der Waals surface area contributed by atoms with E-state index in [2.05, 4.69) is 10.3 Å². The Morgan fingerprint density at radius 2 is 1.85 bits per heavy atom. The highest BCUT2D eigenvalue weighted by Gasteiger charge is 2.04. The SMILES string of the molecule is NC(=O)COc1ccc(/C=C/C(=O)Nc2cccc3cccnc23)cc1. The van der Waals surface area contributed by atoms with Crippen molar-refractivity contribution in [1.82, 2.24) is 4.98 Å². The van der Waals surface area contributed by atoms with Crippen LogP contribution in [-0.2, 0) is 9.59 Å². The van der Waals surface area contributed by atoms with Crippen LogP contribution in [-0.4, -0.2) is 23.4 Å². The molecule has 0 aliphatic rings. The minimum atomic E-state index is -0.534. The van der Waals surface area contributed by atoms with Crippen LogP contribution in [0.25, 0.3) is 17.0 Å². The molecular formula is C20H17N3O3. The van der Waals surface area contributed by atoms with Crippen molar-refractivity contribution in [3.63, 3.8) is 0 Å². The lowest BCUT2D eigenvalue weighted by atomic mass is 10.2. The summed E-state index contributed by atoms with van der Waals surface area (Å²) in [5.41, 5.74) is 7.25. The van der Waals surface area contributed by atoms with Gasteiger partial charge in [0.15, 0.2) is 6.61 Å². The topological polar surface area (TPSA) is 94.3 Å². The summed E-state index contributed by atoms with van der Waals surface area (Å²) in [5.74, 6) is -0.252. The number of nitrogens with zero attached hydrogens (tertiary/aromatic N) is 1. The second-order valence-electron chi connectivity index (χ2n) is 5.53. The molecule has 1 heterocycles. The van der Waals surface area contributed by atoms with Crippen molar-refractivity contribution in [2.24, 2.45) is 5.73 Å². The third-order valence-electron chi connectivity index (χ3n) is 3.58. The number of carbonyl (C=O) groups excluding carboxylic acids is 2. The van der Waals surface area contributed by atoms with Crippen molar-refractivity contribution in [3.8, 4) is 5.75 Å². The van der Waals surface area contributed by atoms with E-state index in [1.165, 1.54) is 6.08 Å². The second-order valence-corrected chi connectivity index (χ2v) is 5.53. The van der Waals surface area contributed by atoms with Gasteiger partial charge in [-0.15, -0.1) is 0 Å². The average molecular weight is 347 g/mol. The number of pyridine rings is 1. The monoisotopic (exact) mass is 347 g/mol. The number of nitrogens with one attached hydrogen (secondary N) is 1. The maximum Gasteiger partial charge on any atom is 0.255 e. The molecule has 3 rings (SSSR count). The van der Waals surface area contributed by atoms with Gasteiger partial charge in [-0.1, -0.05) is 30.3 Å². The summed E-state index contributed by atoms with van der Waals surface area (Å²) in [4.78, 5) is 27.2. The van der Waals surface area contributed by atoms with Gasteiger partial charge in [0.25, 0.3) is 5.91 Å². The number of hydrogen-bond acceptors (Lipinski definition) is 4. The van der Waals surface area contributed by atoms with Crippen LogP contribution in [0.1, 0.15) is 5.56 Å². The highest BCUT2D eigenvalue weighted by molar-refractivity contribution is 6.06. The Morgan fingerprint density at radius 1 is 1.08 bits per heavy atom. The molecule has 0 spiro atoms. The largest absolute Gasteiger partial charge is 0.484 e. The lowest BCUT2D eigenvalue weighted by Gasteiger charge is -2.06. The number of fused-ring (bicyclic) bond motifs is 1. The molecule has 0 atom stereocenters. The van der Waals surface area contributed by atoms with Crippen LogP contribution >= 0.6 is 0 Å². The molecule has 3 N–H and O–H groups in total. The van der Waals surface area contributed by atoms with E-state index < -0.39 is 5.91 Å². The predicted molar refractivity (Wildman–Crippen MR) is 101 cm³/mol. The van der Waals surface area contributed by atoms with Crippen LogP contribution in [0.15, 0.2) is 66.9 Å². The molecule has 0 unspecified atom stereocenters. The van der Waals surface area contributed by atoms with Gasteiger partial charge in [-0.2, -0.15) is 0 Å². The molecule has 2 amide bonds. The Morgan fingerprint density at radius 3 is 2.62 bits per heavy atom. The van der Waals surface area contributed by atoms with E-state index in [1.54, 1.807) is 36.5 Å². The molecule has 0 fully saturated rings. The zero-order valence-corrected chi connectivity index (χ0v) is 13.9. The molecule has 0 radical (unpaired) electrons. The van der Waals surface area contributed by atoms with Crippen LogP contribution in [0.4, 0.5) is 5.69 Å². The highest BCUT2D eigenvalue weighted by atomic mass is 16.5. The molecule has 0 aliphatic carbocycles. The second kappa shape index (κ2) is 7.94. The zero-order chi connectivity index (χ0) is 18.4. The van der Waals surface area contributed by atoms with Gasteiger partial charge in [-0.3, -0.25) is 14.6 Å². The van der Waals surface area contributed by atoms with Gasteiger partial charge in [0.1, 0.15) is 5.75 Å². The maximum atomic E-state index is 12.2. The molecule has 6 heteroatoms. The molecule has 26 heavy (non-hydrogen) atoms. The molecule has 0 aliphatic heterocycles. The summed E-state index contributed by atoms with van der Waals surface area (Å²) >= 11 is 0. The lowest BCUT2D eigenvalue weighted by Crippen LogP contribution is -2.19. The summed E-state index contributed by atoms with van der Waals surface area (Å²) in [6, 6.07) is 16.4. The Kier molecular flexibility index (Phi) is 5.24. The third-order valence-corrected chi connectivity index (χ3v) is 3.58. The Bertz CT molecular complexity index is 960. The molecule has 6 nitrogen and oxygen atoms in total. The van der Waals surface area contributed by atoms with Crippen LogP contribution in [0.5, 0.6) is 5.75 Å². The van der Waals surface area contributed by atoms with Gasteiger partial charge in [-0.25, -0.2) is 0 Å². The number of amides is 2. The fourth-order valence-electron chi connectivity index (χ4n) is 2.38. The summed E-state index contributed by atoms with van der Waals surface area (Å²) in [6.45, 7) is -0.170. The minimum Gasteiger partial charge on any atom is -0.484 e. The van der Waals surface area contributed by atoms with Crippen molar-refractivity contribution in [2.45, 2.75) is 0 Å². The fourth-order valence-corrected chi connectivity index (χ4v) is 2.38. The standard InChI is InChI=1S/C20H17N3O3/c21-18(24)13-26-16-9-6-14(7-10-16)8-11-19(25)23-17-5-1-3-15-4-2-12-22-20(15)17/h1-12H,13H2,(H2,21,24)(H,23,25)/b11-8+. The zero-order valence-electron chi connectivity index (χ0n) is 13.9. The third kappa shape index (κ3) is 4.45. The first kappa shape index (κ1) is 17.2. The molecule has 1 aromatic heterocycles. The first-order valence-electron chi connectivity index (χ1n) is 7.96. The highest BCUT2D eigenvalue weighted by Crippen LogP contribution is 2.20. The Balaban J connectivity index is 1.65. The molecule has 130 valence electrons. The number of nitrogens with two attached hydrogens (primary N) is 1.